The quantitative estimate of drug-likeness (QED) is 0.434. The number of carbonyl (C=O) groups excluding carboxylic acids is 1. The first-order valence-corrected chi connectivity index (χ1v) is 7.70. The Hall–Kier alpha value is 0.0900. The molecule has 92 valence electrons. The summed E-state index contributed by atoms with van der Waals surface area (Å²) < 4.78 is 2.19. The molecule has 1 N–H and O–H groups in total. The van der Waals surface area contributed by atoms with Gasteiger partial charge in [-0.2, -0.15) is 0 Å². The monoisotopic (exact) mass is 261 g/mol. The molecule has 0 aromatic heterocycles. The van der Waals surface area contributed by atoms with Crippen LogP contribution < -0.4 is 5.32 Å². The van der Waals surface area contributed by atoms with Gasteiger partial charge in [-0.05, 0) is 30.4 Å². The van der Waals surface area contributed by atoms with Gasteiger partial charge in [-0.1, -0.05) is 11.7 Å². The fourth-order valence-electron chi connectivity index (χ4n) is 2.31. The molecule has 6 heteroatoms. The topological polar surface area (TPSA) is 35.6 Å². The highest BCUT2D eigenvalue weighted by Gasteiger charge is 2.28. The lowest BCUT2D eigenvalue weighted by atomic mass is 9.98. The molecule has 1 amide bonds. The predicted octanol–water partition coefficient (Wildman–Crippen LogP) is 0.623. The number of nitrogens with one attached hydrogen (secondary N) is 1. The van der Waals surface area contributed by atoms with E-state index in [4.69, 9.17) is 0 Å². The van der Waals surface area contributed by atoms with Crippen LogP contribution in [-0.4, -0.2) is 54.4 Å². The Morgan fingerprint density at radius 1 is 1.31 bits per heavy atom. The summed E-state index contributed by atoms with van der Waals surface area (Å²) in [6, 6.07) is 0. The minimum absolute atomic E-state index is 0.212. The maximum Gasteiger partial charge on any atom is 0.227 e. The highest BCUT2D eigenvalue weighted by atomic mass is 33.1. The summed E-state index contributed by atoms with van der Waals surface area (Å²) >= 11 is 4.18. The second-order valence-corrected chi connectivity index (χ2v) is 5.55. The molecule has 0 saturated carbocycles. The Bertz CT molecular complexity index is 238. The standard InChI is InChI=1S/C10H19N3OS2/c14-10(9-2-1-3-11-8-9)12-4-6-13(16-15)7-5-12/h9,11,15H,1-8H2. The van der Waals surface area contributed by atoms with E-state index in [0.717, 1.165) is 52.1 Å². The summed E-state index contributed by atoms with van der Waals surface area (Å²) in [5, 5.41) is 3.30. The summed E-state index contributed by atoms with van der Waals surface area (Å²) in [4.78, 5) is 14.2. The maximum absolute atomic E-state index is 12.2. The van der Waals surface area contributed by atoms with Crippen molar-refractivity contribution in [3.05, 3.63) is 0 Å². The van der Waals surface area contributed by atoms with E-state index in [1.165, 1.54) is 11.0 Å². The van der Waals surface area contributed by atoms with Crippen molar-refractivity contribution in [1.29, 1.82) is 0 Å². The molecule has 0 bridgehead atoms. The van der Waals surface area contributed by atoms with Gasteiger partial charge in [0, 0.05) is 32.7 Å². The highest BCUT2D eigenvalue weighted by Crippen LogP contribution is 2.19. The van der Waals surface area contributed by atoms with Crippen LogP contribution in [0.25, 0.3) is 0 Å². The van der Waals surface area contributed by atoms with Gasteiger partial charge in [-0.3, -0.25) is 4.79 Å². The van der Waals surface area contributed by atoms with Gasteiger partial charge in [0.1, 0.15) is 0 Å². The van der Waals surface area contributed by atoms with Crippen LogP contribution in [0.5, 0.6) is 0 Å². The van der Waals surface area contributed by atoms with Crippen LogP contribution in [-0.2, 0) is 4.79 Å². The molecule has 2 saturated heterocycles. The molecule has 1 atom stereocenters. The average molecular weight is 261 g/mol. The lowest BCUT2D eigenvalue weighted by Gasteiger charge is -2.35. The van der Waals surface area contributed by atoms with E-state index < -0.39 is 0 Å². The zero-order chi connectivity index (χ0) is 11.4. The van der Waals surface area contributed by atoms with Crippen molar-refractivity contribution in [1.82, 2.24) is 14.5 Å². The van der Waals surface area contributed by atoms with E-state index in [2.05, 4.69) is 21.3 Å². The second kappa shape index (κ2) is 6.14. The average Bonchev–Trinajstić information content (AvgIpc) is 2.39. The van der Waals surface area contributed by atoms with Crippen LogP contribution in [0.2, 0.25) is 0 Å². The largest absolute Gasteiger partial charge is 0.340 e. The van der Waals surface area contributed by atoms with Crippen LogP contribution in [0.3, 0.4) is 0 Å². The summed E-state index contributed by atoms with van der Waals surface area (Å²) in [6.45, 7) is 5.49. The van der Waals surface area contributed by atoms with Crippen LogP contribution in [0.15, 0.2) is 0 Å². The van der Waals surface area contributed by atoms with Gasteiger partial charge in [0.05, 0.1) is 5.92 Å². The van der Waals surface area contributed by atoms with Crippen molar-refractivity contribution in [2.24, 2.45) is 5.92 Å². The summed E-state index contributed by atoms with van der Waals surface area (Å²) in [6.07, 6.45) is 2.18. The van der Waals surface area contributed by atoms with Gasteiger partial charge in [0.25, 0.3) is 0 Å². The highest BCUT2D eigenvalue weighted by molar-refractivity contribution is 8.67. The first-order valence-electron chi connectivity index (χ1n) is 5.87. The van der Waals surface area contributed by atoms with Crippen LogP contribution in [0.1, 0.15) is 12.8 Å². The van der Waals surface area contributed by atoms with Crippen LogP contribution >= 0.6 is 22.6 Å². The summed E-state index contributed by atoms with van der Waals surface area (Å²) in [5.41, 5.74) is 0. The molecule has 1 unspecified atom stereocenters. The first-order chi connectivity index (χ1) is 7.81. The number of nitrogens with zero attached hydrogens (tertiary/aromatic N) is 2. The predicted molar refractivity (Wildman–Crippen MR) is 70.3 cm³/mol. The fraction of sp³-hybridized carbons (Fsp3) is 0.900. The number of thiol groups is 1. The molecular weight excluding hydrogens is 242 g/mol. The first kappa shape index (κ1) is 12.5. The van der Waals surface area contributed by atoms with Crippen LogP contribution in [0.4, 0.5) is 0 Å². The number of hydrogen-bond donors (Lipinski definition) is 2. The number of piperidine rings is 1. The SMILES string of the molecule is O=C(C1CCCNC1)N1CCN(SS)CC1. The van der Waals surface area contributed by atoms with Crippen molar-refractivity contribution < 1.29 is 4.79 Å². The third-order valence-corrected chi connectivity index (χ3v) is 4.60. The Kier molecular flexibility index (Phi) is 4.81. The number of carbonyl (C=O) groups is 1. The van der Waals surface area contributed by atoms with E-state index >= 15 is 0 Å². The number of hydrogen-bond acceptors (Lipinski definition) is 5. The molecule has 16 heavy (non-hydrogen) atoms. The van der Waals surface area contributed by atoms with Gasteiger partial charge in [0.2, 0.25) is 5.91 Å². The fourth-order valence-corrected chi connectivity index (χ4v) is 3.13. The van der Waals surface area contributed by atoms with Crippen molar-refractivity contribution in [2.45, 2.75) is 12.8 Å². The zero-order valence-corrected chi connectivity index (χ0v) is 11.1. The minimum Gasteiger partial charge on any atom is -0.340 e. The number of piperazine rings is 1. The lowest BCUT2D eigenvalue weighted by Crippen LogP contribution is -2.50. The van der Waals surface area contributed by atoms with Gasteiger partial charge < -0.3 is 10.2 Å². The van der Waals surface area contributed by atoms with E-state index in [9.17, 15) is 4.79 Å². The van der Waals surface area contributed by atoms with E-state index in [1.54, 1.807) is 0 Å². The minimum atomic E-state index is 0.212. The van der Waals surface area contributed by atoms with E-state index in [-0.39, 0.29) is 5.92 Å². The molecule has 4 nitrogen and oxygen atoms in total. The second-order valence-electron chi connectivity index (χ2n) is 4.38. The molecule has 0 aromatic carbocycles. The Morgan fingerprint density at radius 3 is 2.62 bits per heavy atom. The van der Waals surface area contributed by atoms with Gasteiger partial charge in [0.15, 0.2) is 0 Å². The number of rotatable bonds is 2. The molecule has 2 heterocycles. The van der Waals surface area contributed by atoms with Crippen molar-refractivity contribution in [3.8, 4) is 0 Å². The Balaban J connectivity index is 1.81. The van der Waals surface area contributed by atoms with E-state index in [0.29, 0.717) is 5.91 Å². The summed E-state index contributed by atoms with van der Waals surface area (Å²) in [5.74, 6) is 0.556. The lowest BCUT2D eigenvalue weighted by molar-refractivity contribution is -0.137. The zero-order valence-electron chi connectivity index (χ0n) is 9.39. The van der Waals surface area contributed by atoms with E-state index in [1.807, 2.05) is 4.90 Å². The Labute approximate surface area is 106 Å². The molecule has 0 aliphatic carbocycles. The molecular formula is C10H19N3OS2. The maximum atomic E-state index is 12.2. The molecule has 0 radical (unpaired) electrons. The molecule has 2 rings (SSSR count). The molecule has 0 spiro atoms. The van der Waals surface area contributed by atoms with Gasteiger partial charge >= 0.3 is 0 Å². The van der Waals surface area contributed by atoms with Gasteiger partial charge in [-0.25, -0.2) is 4.31 Å². The van der Waals surface area contributed by atoms with Crippen molar-refractivity contribution in [2.75, 3.05) is 39.3 Å². The van der Waals surface area contributed by atoms with Crippen LogP contribution in [0, 0.1) is 5.92 Å². The van der Waals surface area contributed by atoms with Crippen molar-refractivity contribution in [3.63, 3.8) is 0 Å². The molecule has 2 aliphatic rings. The van der Waals surface area contributed by atoms with Gasteiger partial charge in [-0.15, -0.1) is 0 Å². The third-order valence-electron chi connectivity index (χ3n) is 3.31. The summed E-state index contributed by atoms with van der Waals surface area (Å²) in [7, 11) is 1.47. The Morgan fingerprint density at radius 2 is 2.06 bits per heavy atom. The normalized spacial score (nSPS) is 28.1. The third kappa shape index (κ3) is 3.06. The molecule has 2 fully saturated rings. The molecule has 2 aliphatic heterocycles. The van der Waals surface area contributed by atoms with Crippen molar-refractivity contribution >= 4 is 28.5 Å². The number of amides is 1. The molecule has 0 aromatic rings. The smallest absolute Gasteiger partial charge is 0.227 e.